The molecule has 2 aliphatic rings. The summed E-state index contributed by atoms with van der Waals surface area (Å²) in [7, 11) is 0. The van der Waals surface area contributed by atoms with Crippen LogP contribution < -0.4 is 5.32 Å². The largest absolute Gasteiger partial charge is 0.463 e. The molecule has 34 heavy (non-hydrogen) atoms. The average Bonchev–Trinajstić information content (AvgIpc) is 3.21. The molecule has 2 aromatic carbocycles. The second kappa shape index (κ2) is 10.3. The Kier molecular flexibility index (Phi) is 7.22. The van der Waals surface area contributed by atoms with Crippen molar-refractivity contribution in [2.24, 2.45) is 4.99 Å². The summed E-state index contributed by atoms with van der Waals surface area (Å²) in [6, 6.07) is 17.5. The number of esters is 1. The number of amides is 1. The molecule has 2 heterocycles. The Morgan fingerprint density at radius 2 is 1.82 bits per heavy atom. The average molecular weight is 476 g/mol. The van der Waals surface area contributed by atoms with Crippen molar-refractivity contribution in [2.75, 3.05) is 6.61 Å². The third-order valence-corrected chi connectivity index (χ3v) is 6.80. The van der Waals surface area contributed by atoms with Gasteiger partial charge in [0.15, 0.2) is 5.17 Å². The van der Waals surface area contributed by atoms with E-state index < -0.39 is 6.04 Å². The minimum atomic E-state index is -0.409. The van der Waals surface area contributed by atoms with Gasteiger partial charge in [-0.15, -0.1) is 0 Å². The van der Waals surface area contributed by atoms with E-state index in [4.69, 9.17) is 4.74 Å². The number of ether oxygens (including phenoxy) is 1. The maximum absolute atomic E-state index is 13.0. The highest BCUT2D eigenvalue weighted by Crippen LogP contribution is 2.44. The summed E-state index contributed by atoms with van der Waals surface area (Å²) in [6.07, 6.45) is 0.181. The lowest BCUT2D eigenvalue weighted by atomic mass is 9.93. The standard InChI is InChI=1S/C27H29N3O3S/c1-5-33-26(32)24-19(4)29-27-30(25(24)21-13-11-17(2)12-14-21)22(16-34-27)15-23(31)28-18(3)20-9-7-6-8-10-20/h6-14,16,18,25H,5,15H2,1-4H3,(H,28,31). The van der Waals surface area contributed by atoms with Gasteiger partial charge in [-0.05, 0) is 44.2 Å². The van der Waals surface area contributed by atoms with E-state index in [9.17, 15) is 9.59 Å². The first-order valence-electron chi connectivity index (χ1n) is 11.4. The lowest BCUT2D eigenvalue weighted by Crippen LogP contribution is -2.38. The molecular formula is C27H29N3O3S. The highest BCUT2D eigenvalue weighted by atomic mass is 32.2. The van der Waals surface area contributed by atoms with Crippen molar-refractivity contribution in [1.82, 2.24) is 10.2 Å². The van der Waals surface area contributed by atoms with Gasteiger partial charge in [0.1, 0.15) is 0 Å². The Balaban J connectivity index is 1.62. The maximum Gasteiger partial charge on any atom is 0.338 e. The molecule has 176 valence electrons. The Labute approximate surface area is 204 Å². The molecule has 0 bridgehead atoms. The lowest BCUT2D eigenvalue weighted by Gasteiger charge is -2.36. The van der Waals surface area contributed by atoms with Crippen molar-refractivity contribution in [3.8, 4) is 0 Å². The lowest BCUT2D eigenvalue weighted by molar-refractivity contribution is -0.139. The van der Waals surface area contributed by atoms with Crippen molar-refractivity contribution >= 4 is 28.8 Å². The second-order valence-electron chi connectivity index (χ2n) is 8.40. The Hall–Kier alpha value is -3.32. The SMILES string of the molecule is CCOC(=O)C1=C(C)N=C2SC=C(CC(=O)NC(C)c3ccccc3)N2C1c1ccc(C)cc1. The summed E-state index contributed by atoms with van der Waals surface area (Å²) in [6.45, 7) is 7.91. The zero-order valence-electron chi connectivity index (χ0n) is 19.9. The number of hydrogen-bond donors (Lipinski definition) is 1. The van der Waals surface area contributed by atoms with Crippen molar-refractivity contribution in [3.05, 3.63) is 93.7 Å². The zero-order valence-corrected chi connectivity index (χ0v) is 20.7. The number of fused-ring (bicyclic) bond motifs is 1. The molecule has 0 spiro atoms. The van der Waals surface area contributed by atoms with Crippen LogP contribution in [0.25, 0.3) is 0 Å². The number of carbonyl (C=O) groups excluding carboxylic acids is 2. The summed E-state index contributed by atoms with van der Waals surface area (Å²) >= 11 is 1.47. The van der Waals surface area contributed by atoms with Crippen LogP contribution in [-0.2, 0) is 14.3 Å². The first-order chi connectivity index (χ1) is 16.4. The number of carbonyl (C=O) groups is 2. The number of rotatable bonds is 7. The number of nitrogens with one attached hydrogen (secondary N) is 1. The van der Waals surface area contributed by atoms with Crippen molar-refractivity contribution in [2.45, 2.75) is 46.2 Å². The molecule has 0 fully saturated rings. The fraction of sp³-hybridized carbons (Fsp3) is 0.296. The van der Waals surface area contributed by atoms with Crippen LogP contribution in [0.15, 0.2) is 82.0 Å². The fourth-order valence-corrected chi connectivity index (χ4v) is 5.15. The number of nitrogens with zero attached hydrogens (tertiary/aromatic N) is 2. The van der Waals surface area contributed by atoms with Gasteiger partial charge < -0.3 is 15.0 Å². The van der Waals surface area contributed by atoms with Crippen molar-refractivity contribution in [1.29, 1.82) is 0 Å². The summed E-state index contributed by atoms with van der Waals surface area (Å²) in [4.78, 5) is 32.7. The third-order valence-electron chi connectivity index (χ3n) is 5.91. The molecule has 2 aliphatic heterocycles. The molecule has 0 radical (unpaired) electrons. The van der Waals surface area contributed by atoms with E-state index in [1.807, 2.05) is 85.7 Å². The van der Waals surface area contributed by atoms with Gasteiger partial charge in [-0.3, -0.25) is 4.79 Å². The molecule has 7 heteroatoms. The number of hydrogen-bond acceptors (Lipinski definition) is 6. The molecule has 2 unspecified atom stereocenters. The molecule has 0 saturated heterocycles. The molecule has 2 aromatic rings. The van der Waals surface area contributed by atoms with Gasteiger partial charge in [0.25, 0.3) is 0 Å². The van der Waals surface area contributed by atoms with Crippen LogP contribution in [0, 0.1) is 6.92 Å². The van der Waals surface area contributed by atoms with Crippen LogP contribution in [0.1, 0.15) is 56.0 Å². The van der Waals surface area contributed by atoms with E-state index in [0.717, 1.165) is 27.6 Å². The Morgan fingerprint density at radius 1 is 1.12 bits per heavy atom. The zero-order chi connectivity index (χ0) is 24.2. The fourth-order valence-electron chi connectivity index (χ4n) is 4.19. The second-order valence-corrected chi connectivity index (χ2v) is 9.24. The molecule has 0 aliphatic carbocycles. The summed E-state index contributed by atoms with van der Waals surface area (Å²) in [5.74, 6) is -0.470. The summed E-state index contributed by atoms with van der Waals surface area (Å²) in [5.41, 5.74) is 5.08. The van der Waals surface area contributed by atoms with Crippen molar-refractivity contribution in [3.63, 3.8) is 0 Å². The molecule has 0 saturated carbocycles. The van der Waals surface area contributed by atoms with Crippen LogP contribution in [-0.4, -0.2) is 28.6 Å². The molecular weight excluding hydrogens is 446 g/mol. The van der Waals surface area contributed by atoms with Gasteiger partial charge in [0, 0.05) is 5.70 Å². The van der Waals surface area contributed by atoms with E-state index in [2.05, 4.69) is 10.3 Å². The van der Waals surface area contributed by atoms with E-state index in [0.29, 0.717) is 11.3 Å². The normalized spacial score (nSPS) is 18.1. The summed E-state index contributed by atoms with van der Waals surface area (Å²) < 4.78 is 5.40. The van der Waals surface area contributed by atoms with E-state index in [-0.39, 0.29) is 30.9 Å². The number of benzene rings is 2. The Morgan fingerprint density at radius 3 is 2.50 bits per heavy atom. The van der Waals surface area contributed by atoms with Crippen LogP contribution >= 0.6 is 11.8 Å². The van der Waals surface area contributed by atoms with Gasteiger partial charge >= 0.3 is 5.97 Å². The number of aryl methyl sites for hydroxylation is 1. The highest BCUT2D eigenvalue weighted by Gasteiger charge is 2.41. The molecule has 1 N–H and O–H groups in total. The van der Waals surface area contributed by atoms with Gasteiger partial charge in [-0.2, -0.15) is 0 Å². The van der Waals surface area contributed by atoms with Crippen LogP contribution in [0.5, 0.6) is 0 Å². The number of amidine groups is 1. The molecule has 6 nitrogen and oxygen atoms in total. The van der Waals surface area contributed by atoms with Crippen molar-refractivity contribution < 1.29 is 14.3 Å². The van der Waals surface area contributed by atoms with Gasteiger partial charge in [-0.25, -0.2) is 9.79 Å². The molecule has 0 aromatic heterocycles. The monoisotopic (exact) mass is 475 g/mol. The first kappa shape index (κ1) is 23.8. The predicted molar refractivity (Wildman–Crippen MR) is 136 cm³/mol. The van der Waals surface area contributed by atoms with Crippen LogP contribution in [0.3, 0.4) is 0 Å². The number of thioether (sulfide) groups is 1. The highest BCUT2D eigenvalue weighted by molar-refractivity contribution is 8.16. The predicted octanol–water partition coefficient (Wildman–Crippen LogP) is 5.40. The van der Waals surface area contributed by atoms with Crippen LogP contribution in [0.2, 0.25) is 0 Å². The molecule has 2 atom stereocenters. The van der Waals surface area contributed by atoms with E-state index in [1.165, 1.54) is 11.8 Å². The first-order valence-corrected chi connectivity index (χ1v) is 12.3. The third kappa shape index (κ3) is 4.94. The van der Waals surface area contributed by atoms with Gasteiger partial charge in [0.05, 0.1) is 36.4 Å². The molecule has 1 amide bonds. The van der Waals surface area contributed by atoms with E-state index >= 15 is 0 Å². The minimum absolute atomic E-state index is 0.0870. The quantitative estimate of drug-likeness (QED) is 0.543. The van der Waals surface area contributed by atoms with E-state index in [1.54, 1.807) is 6.92 Å². The molecule has 4 rings (SSSR count). The summed E-state index contributed by atoms with van der Waals surface area (Å²) in [5, 5.41) is 5.80. The van der Waals surface area contributed by atoms with Gasteiger partial charge in [-0.1, -0.05) is 71.9 Å². The minimum Gasteiger partial charge on any atom is -0.463 e. The Bertz CT molecular complexity index is 1170. The van der Waals surface area contributed by atoms with Gasteiger partial charge in [0.2, 0.25) is 5.91 Å². The number of allylic oxidation sites excluding steroid dienone is 1. The maximum atomic E-state index is 13.0. The van der Waals surface area contributed by atoms with Crippen LogP contribution in [0.4, 0.5) is 0 Å². The number of aliphatic imine (C=N–C) groups is 1. The topological polar surface area (TPSA) is 71.0 Å². The smallest absolute Gasteiger partial charge is 0.338 e.